The minimum atomic E-state index is -0.666. The highest BCUT2D eigenvalue weighted by atomic mass is 16.6. The number of fused-ring (bicyclic) bond motifs is 3. The van der Waals surface area contributed by atoms with E-state index in [1.54, 1.807) is 34.0 Å². The molecule has 0 spiro atoms. The van der Waals surface area contributed by atoms with Crippen LogP contribution in [0.1, 0.15) is 51.2 Å². The van der Waals surface area contributed by atoms with Crippen LogP contribution in [0.5, 0.6) is 11.5 Å². The minimum Gasteiger partial charge on any atom is -0.493 e. The van der Waals surface area contributed by atoms with Gasteiger partial charge in [0.1, 0.15) is 25.0 Å². The molecule has 1 aliphatic carbocycles. The highest BCUT2D eigenvalue weighted by Crippen LogP contribution is 2.49. The zero-order valence-corrected chi connectivity index (χ0v) is 19.9. The van der Waals surface area contributed by atoms with Crippen LogP contribution in [-0.2, 0) is 20.8 Å². The summed E-state index contributed by atoms with van der Waals surface area (Å²) < 4.78 is 22.1. The number of methoxy groups -OCH3 is 1. The zero-order chi connectivity index (χ0) is 24.2. The van der Waals surface area contributed by atoms with E-state index in [-0.39, 0.29) is 25.3 Å². The van der Waals surface area contributed by atoms with Crippen LogP contribution < -0.4 is 14.8 Å². The molecule has 1 aromatic rings. The third-order valence-corrected chi connectivity index (χ3v) is 5.51. The van der Waals surface area contributed by atoms with Crippen LogP contribution in [0, 0.1) is 0 Å². The summed E-state index contributed by atoms with van der Waals surface area (Å²) in [7, 11) is 1.61. The van der Waals surface area contributed by atoms with E-state index in [9.17, 15) is 14.7 Å². The number of aliphatic hydroxyl groups is 1. The van der Waals surface area contributed by atoms with Gasteiger partial charge in [-0.2, -0.15) is 0 Å². The number of nitrogens with zero attached hydrogens (tertiary/aromatic N) is 1. The molecule has 3 atom stereocenters. The van der Waals surface area contributed by atoms with Crippen molar-refractivity contribution in [1.29, 1.82) is 0 Å². The lowest BCUT2D eigenvalue weighted by Gasteiger charge is -2.25. The van der Waals surface area contributed by atoms with E-state index in [2.05, 4.69) is 5.32 Å². The molecular weight excluding hydrogens is 428 g/mol. The van der Waals surface area contributed by atoms with E-state index in [0.29, 0.717) is 31.0 Å². The van der Waals surface area contributed by atoms with Crippen LogP contribution >= 0.6 is 0 Å². The predicted octanol–water partition coefficient (Wildman–Crippen LogP) is 2.71. The van der Waals surface area contributed by atoms with Crippen LogP contribution in [0.3, 0.4) is 0 Å². The van der Waals surface area contributed by atoms with Gasteiger partial charge in [0, 0.05) is 24.4 Å². The lowest BCUT2D eigenvalue weighted by molar-refractivity contribution is -0.147. The Bertz CT molecular complexity index is 894. The quantitative estimate of drug-likeness (QED) is 0.345. The maximum Gasteiger partial charge on any atom is 0.408 e. The number of hydrogen-bond acceptors (Lipinski definition) is 8. The third-order valence-electron chi connectivity index (χ3n) is 5.51. The molecule has 1 heterocycles. The van der Waals surface area contributed by atoms with Crippen molar-refractivity contribution in [3.05, 3.63) is 35.4 Å². The van der Waals surface area contributed by atoms with Gasteiger partial charge in [-0.15, -0.1) is 0 Å². The van der Waals surface area contributed by atoms with Crippen LogP contribution in [0.4, 0.5) is 4.79 Å². The Hall–Kier alpha value is -2.78. The normalized spacial score (nSPS) is 21.1. The van der Waals surface area contributed by atoms with Gasteiger partial charge in [0.15, 0.2) is 11.5 Å². The van der Waals surface area contributed by atoms with Crippen LogP contribution in [-0.4, -0.2) is 66.8 Å². The SMILES string of the molecule is CCN(COC(=O)CNC(=O)OC(C)(C)C)Cc1ccc(OC)c2c1[C@@H]1C=C[C@H](O)C[C@@H]1O2. The fourth-order valence-electron chi connectivity index (χ4n) is 3.96. The number of carbonyl (C=O) groups is 2. The summed E-state index contributed by atoms with van der Waals surface area (Å²) in [6.45, 7) is 8.22. The first-order valence-electron chi connectivity index (χ1n) is 11.2. The largest absolute Gasteiger partial charge is 0.493 e. The summed E-state index contributed by atoms with van der Waals surface area (Å²) in [5.74, 6) is 0.853. The molecule has 9 heteroatoms. The Morgan fingerprint density at radius 1 is 1.27 bits per heavy atom. The molecule has 0 saturated carbocycles. The monoisotopic (exact) mass is 462 g/mol. The molecule has 0 bridgehead atoms. The molecule has 2 aliphatic rings. The van der Waals surface area contributed by atoms with E-state index in [4.69, 9.17) is 18.9 Å². The molecule has 33 heavy (non-hydrogen) atoms. The van der Waals surface area contributed by atoms with Crippen LogP contribution in [0.15, 0.2) is 24.3 Å². The first kappa shape index (κ1) is 24.9. The van der Waals surface area contributed by atoms with Crippen molar-refractivity contribution in [2.75, 3.05) is 26.9 Å². The number of benzene rings is 1. The first-order valence-corrected chi connectivity index (χ1v) is 11.2. The number of amides is 1. The van der Waals surface area contributed by atoms with Crippen LogP contribution in [0.2, 0.25) is 0 Å². The van der Waals surface area contributed by atoms with Gasteiger partial charge in [0.2, 0.25) is 0 Å². The van der Waals surface area contributed by atoms with Gasteiger partial charge >= 0.3 is 12.1 Å². The Labute approximate surface area is 194 Å². The Morgan fingerprint density at radius 2 is 2.03 bits per heavy atom. The van der Waals surface area contributed by atoms with E-state index in [1.807, 2.05) is 30.0 Å². The lowest BCUT2D eigenvalue weighted by atomic mass is 9.85. The van der Waals surface area contributed by atoms with Gasteiger partial charge in [-0.3, -0.25) is 9.69 Å². The van der Waals surface area contributed by atoms with Crippen LogP contribution in [0.25, 0.3) is 0 Å². The summed E-state index contributed by atoms with van der Waals surface area (Å²) in [5, 5.41) is 12.4. The number of nitrogens with one attached hydrogen (secondary N) is 1. The average Bonchev–Trinajstić information content (AvgIpc) is 3.12. The summed E-state index contributed by atoms with van der Waals surface area (Å²) >= 11 is 0. The standard InChI is InChI=1S/C24H34N2O7/c1-6-26(14-31-20(28)12-25-23(29)33-24(2,3)4)13-15-7-10-18(30-5)22-21(15)17-9-8-16(27)11-19(17)32-22/h7-10,16-17,19,27H,6,11-14H2,1-5H3,(H,25,29)/t16-,17+,19-/m0/s1. The van der Waals surface area contributed by atoms with Crippen molar-refractivity contribution in [2.45, 2.75) is 64.4 Å². The van der Waals surface area contributed by atoms with Crippen molar-refractivity contribution in [2.24, 2.45) is 0 Å². The predicted molar refractivity (Wildman–Crippen MR) is 121 cm³/mol. The van der Waals surface area contributed by atoms with Gasteiger partial charge in [-0.1, -0.05) is 25.1 Å². The number of ether oxygens (including phenoxy) is 4. The molecule has 0 unspecified atom stereocenters. The van der Waals surface area contributed by atoms with Gasteiger partial charge < -0.3 is 29.4 Å². The molecule has 182 valence electrons. The molecule has 2 N–H and O–H groups in total. The molecule has 1 amide bonds. The fourth-order valence-corrected chi connectivity index (χ4v) is 3.96. The summed E-state index contributed by atoms with van der Waals surface area (Å²) in [6.07, 6.45) is 3.00. The molecule has 0 radical (unpaired) electrons. The highest BCUT2D eigenvalue weighted by Gasteiger charge is 2.39. The van der Waals surface area contributed by atoms with E-state index in [1.165, 1.54) is 0 Å². The maximum atomic E-state index is 12.1. The number of carbonyl (C=O) groups excluding carboxylic acids is 2. The van der Waals surface area contributed by atoms with E-state index >= 15 is 0 Å². The van der Waals surface area contributed by atoms with Gasteiger partial charge in [-0.05, 0) is 38.9 Å². The lowest BCUT2D eigenvalue weighted by Crippen LogP contribution is -2.37. The van der Waals surface area contributed by atoms with E-state index in [0.717, 1.165) is 11.1 Å². The van der Waals surface area contributed by atoms with Gasteiger partial charge in [0.05, 0.1) is 13.2 Å². The molecular formula is C24H34N2O7. The summed E-state index contributed by atoms with van der Waals surface area (Å²) in [4.78, 5) is 25.8. The Balaban J connectivity index is 1.62. The van der Waals surface area contributed by atoms with Crippen molar-refractivity contribution in [1.82, 2.24) is 10.2 Å². The summed E-state index contributed by atoms with van der Waals surface area (Å²) in [5.41, 5.74) is 1.45. The topological polar surface area (TPSA) is 107 Å². The Morgan fingerprint density at radius 3 is 2.70 bits per heavy atom. The second-order valence-corrected chi connectivity index (χ2v) is 9.19. The van der Waals surface area contributed by atoms with Crippen molar-refractivity contribution in [3.63, 3.8) is 0 Å². The Kier molecular flexibility index (Phi) is 7.86. The molecule has 1 aromatic carbocycles. The molecule has 9 nitrogen and oxygen atoms in total. The van der Waals surface area contributed by atoms with Crippen molar-refractivity contribution < 1.29 is 33.6 Å². The molecule has 3 rings (SSSR count). The van der Waals surface area contributed by atoms with Crippen molar-refractivity contribution in [3.8, 4) is 11.5 Å². The second-order valence-electron chi connectivity index (χ2n) is 9.19. The van der Waals surface area contributed by atoms with E-state index < -0.39 is 23.8 Å². The smallest absolute Gasteiger partial charge is 0.408 e. The average molecular weight is 463 g/mol. The molecule has 0 aromatic heterocycles. The van der Waals surface area contributed by atoms with Gasteiger partial charge in [0.25, 0.3) is 0 Å². The highest BCUT2D eigenvalue weighted by molar-refractivity contribution is 5.78. The van der Waals surface area contributed by atoms with Crippen molar-refractivity contribution >= 4 is 12.1 Å². The molecule has 0 fully saturated rings. The number of aliphatic hydroxyl groups excluding tert-OH is 1. The number of hydrogen-bond donors (Lipinski definition) is 2. The number of alkyl carbamates (subject to hydrolysis) is 1. The minimum absolute atomic E-state index is 0.0350. The number of esters is 1. The zero-order valence-electron chi connectivity index (χ0n) is 19.9. The fraction of sp³-hybridized carbons (Fsp3) is 0.583. The molecule has 0 saturated heterocycles. The summed E-state index contributed by atoms with van der Waals surface area (Å²) in [6, 6.07) is 3.87. The second kappa shape index (κ2) is 10.4. The van der Waals surface area contributed by atoms with Gasteiger partial charge in [-0.25, -0.2) is 4.79 Å². The molecule has 1 aliphatic heterocycles. The first-order chi connectivity index (χ1) is 15.6. The number of rotatable bonds is 8. The third kappa shape index (κ3) is 6.39. The maximum absolute atomic E-state index is 12.1.